The van der Waals surface area contributed by atoms with Crippen LogP contribution < -0.4 is 0 Å². The van der Waals surface area contributed by atoms with Gasteiger partial charge >= 0.3 is 0 Å². The van der Waals surface area contributed by atoms with Gasteiger partial charge in [0.05, 0.1) is 6.20 Å². The molecule has 5 heteroatoms. The number of furan rings is 1. The van der Waals surface area contributed by atoms with Crippen molar-refractivity contribution in [1.82, 2.24) is 9.55 Å². The molecular weight excluding hydrogens is 255 g/mol. The summed E-state index contributed by atoms with van der Waals surface area (Å²) in [5.74, 6) is 0.714. The van der Waals surface area contributed by atoms with Crippen molar-refractivity contribution in [3.8, 4) is 11.5 Å². The SMILES string of the molecule is Cn1c(-c2ccc(Cl)o2)cnc1Br. The van der Waals surface area contributed by atoms with E-state index in [0.29, 0.717) is 11.0 Å². The Morgan fingerprint density at radius 3 is 2.77 bits per heavy atom. The largest absolute Gasteiger partial charge is 0.443 e. The van der Waals surface area contributed by atoms with Crippen LogP contribution in [0.2, 0.25) is 5.22 Å². The van der Waals surface area contributed by atoms with Crippen LogP contribution in [0.3, 0.4) is 0 Å². The Kier molecular flexibility index (Phi) is 2.17. The molecule has 2 aromatic rings. The molecule has 0 aliphatic carbocycles. The van der Waals surface area contributed by atoms with Crippen LogP contribution in [0, 0.1) is 0 Å². The van der Waals surface area contributed by atoms with E-state index in [9.17, 15) is 0 Å². The fraction of sp³-hybridized carbons (Fsp3) is 0.125. The highest BCUT2D eigenvalue weighted by Crippen LogP contribution is 2.25. The lowest BCUT2D eigenvalue weighted by Crippen LogP contribution is -1.89. The van der Waals surface area contributed by atoms with Crippen molar-refractivity contribution in [1.29, 1.82) is 0 Å². The highest BCUT2D eigenvalue weighted by Gasteiger charge is 2.09. The molecule has 0 saturated heterocycles. The van der Waals surface area contributed by atoms with Crippen molar-refractivity contribution in [2.24, 2.45) is 7.05 Å². The number of aromatic nitrogens is 2. The zero-order chi connectivity index (χ0) is 9.42. The van der Waals surface area contributed by atoms with Crippen LogP contribution in [0.4, 0.5) is 0 Å². The van der Waals surface area contributed by atoms with Gasteiger partial charge in [-0.05, 0) is 39.7 Å². The summed E-state index contributed by atoms with van der Waals surface area (Å²) in [5, 5.41) is 0.382. The van der Waals surface area contributed by atoms with Crippen molar-refractivity contribution in [2.75, 3.05) is 0 Å². The summed E-state index contributed by atoms with van der Waals surface area (Å²) in [4.78, 5) is 4.08. The molecule has 0 bridgehead atoms. The van der Waals surface area contributed by atoms with Crippen LogP contribution in [-0.4, -0.2) is 9.55 Å². The Morgan fingerprint density at radius 2 is 2.31 bits per heavy atom. The van der Waals surface area contributed by atoms with Gasteiger partial charge in [0.15, 0.2) is 15.7 Å². The second-order valence-corrected chi connectivity index (χ2v) is 3.66. The van der Waals surface area contributed by atoms with E-state index in [1.165, 1.54) is 0 Å². The van der Waals surface area contributed by atoms with E-state index in [-0.39, 0.29) is 0 Å². The molecule has 0 aliphatic rings. The predicted molar refractivity (Wildman–Crippen MR) is 53.6 cm³/mol. The third kappa shape index (κ3) is 1.51. The highest BCUT2D eigenvalue weighted by atomic mass is 79.9. The topological polar surface area (TPSA) is 31.0 Å². The van der Waals surface area contributed by atoms with Crippen molar-refractivity contribution in [3.05, 3.63) is 28.3 Å². The van der Waals surface area contributed by atoms with Crippen LogP contribution in [-0.2, 0) is 7.05 Å². The molecule has 0 amide bonds. The van der Waals surface area contributed by atoms with E-state index < -0.39 is 0 Å². The third-order valence-electron chi connectivity index (χ3n) is 1.76. The van der Waals surface area contributed by atoms with E-state index in [1.807, 2.05) is 17.7 Å². The molecule has 0 aromatic carbocycles. The van der Waals surface area contributed by atoms with Gasteiger partial charge in [-0.25, -0.2) is 4.98 Å². The maximum Gasteiger partial charge on any atom is 0.194 e. The number of imidazole rings is 1. The standard InChI is InChI=1S/C8H6BrClN2O/c1-12-5(4-11-8(12)9)6-2-3-7(10)13-6/h2-4H,1H3. The maximum absolute atomic E-state index is 5.66. The van der Waals surface area contributed by atoms with E-state index in [0.717, 1.165) is 10.4 Å². The third-order valence-corrected chi connectivity index (χ3v) is 2.70. The van der Waals surface area contributed by atoms with E-state index in [1.54, 1.807) is 12.3 Å². The van der Waals surface area contributed by atoms with Crippen molar-refractivity contribution >= 4 is 27.5 Å². The van der Waals surface area contributed by atoms with Crippen LogP contribution in [0.15, 0.2) is 27.5 Å². The predicted octanol–water partition coefficient (Wildman–Crippen LogP) is 3.10. The fourth-order valence-corrected chi connectivity index (χ4v) is 1.51. The van der Waals surface area contributed by atoms with Crippen LogP contribution in [0.5, 0.6) is 0 Å². The Balaban J connectivity index is 2.52. The van der Waals surface area contributed by atoms with Gasteiger partial charge < -0.3 is 8.98 Å². The monoisotopic (exact) mass is 260 g/mol. The van der Waals surface area contributed by atoms with Crippen LogP contribution in [0.1, 0.15) is 0 Å². The lowest BCUT2D eigenvalue weighted by atomic mass is 10.3. The van der Waals surface area contributed by atoms with Gasteiger partial charge in [0.25, 0.3) is 0 Å². The maximum atomic E-state index is 5.66. The van der Waals surface area contributed by atoms with Gasteiger partial charge in [-0.15, -0.1) is 0 Å². The van der Waals surface area contributed by atoms with Gasteiger partial charge in [-0.3, -0.25) is 0 Å². The molecule has 68 valence electrons. The second-order valence-electron chi connectivity index (χ2n) is 2.58. The summed E-state index contributed by atoms with van der Waals surface area (Å²) in [6.45, 7) is 0. The molecule has 3 nitrogen and oxygen atoms in total. The summed E-state index contributed by atoms with van der Waals surface area (Å²) >= 11 is 8.96. The minimum Gasteiger partial charge on any atom is -0.443 e. The molecule has 0 aliphatic heterocycles. The molecule has 0 spiro atoms. The Hall–Kier alpha value is -0.740. The number of rotatable bonds is 1. The Labute approximate surface area is 88.5 Å². The Bertz CT molecular complexity index is 435. The molecule has 2 aromatic heterocycles. The lowest BCUT2D eigenvalue weighted by molar-refractivity contribution is 0.578. The van der Waals surface area contributed by atoms with Crippen LogP contribution >= 0.6 is 27.5 Å². The molecule has 0 unspecified atom stereocenters. The van der Waals surface area contributed by atoms with Crippen molar-refractivity contribution < 1.29 is 4.42 Å². The zero-order valence-electron chi connectivity index (χ0n) is 6.79. The molecule has 0 atom stereocenters. The molecule has 0 saturated carbocycles. The average molecular weight is 262 g/mol. The summed E-state index contributed by atoms with van der Waals surface area (Å²) in [6, 6.07) is 3.52. The molecule has 0 fully saturated rings. The zero-order valence-corrected chi connectivity index (χ0v) is 9.13. The minimum atomic E-state index is 0.382. The van der Waals surface area contributed by atoms with E-state index >= 15 is 0 Å². The Morgan fingerprint density at radius 1 is 1.54 bits per heavy atom. The number of hydrogen-bond donors (Lipinski definition) is 0. The summed E-state index contributed by atoms with van der Waals surface area (Å²) < 4.78 is 7.88. The van der Waals surface area contributed by atoms with E-state index in [4.69, 9.17) is 16.0 Å². The van der Waals surface area contributed by atoms with Crippen molar-refractivity contribution in [2.45, 2.75) is 0 Å². The molecule has 0 radical (unpaired) electrons. The smallest absolute Gasteiger partial charge is 0.194 e. The molecule has 2 rings (SSSR count). The number of halogens is 2. The van der Waals surface area contributed by atoms with Gasteiger partial charge in [-0.1, -0.05) is 0 Å². The first-order valence-corrected chi connectivity index (χ1v) is 4.78. The average Bonchev–Trinajstić information content (AvgIpc) is 2.62. The quantitative estimate of drug-likeness (QED) is 0.790. The molecule has 13 heavy (non-hydrogen) atoms. The molecule has 2 heterocycles. The second kappa shape index (κ2) is 3.20. The first kappa shape index (κ1) is 8.84. The highest BCUT2D eigenvalue weighted by molar-refractivity contribution is 9.10. The summed E-state index contributed by atoms with van der Waals surface area (Å²) in [7, 11) is 1.89. The van der Waals surface area contributed by atoms with Gasteiger partial charge in [0.2, 0.25) is 0 Å². The molecular formula is C8H6BrClN2O. The van der Waals surface area contributed by atoms with Gasteiger partial charge in [0.1, 0.15) is 5.69 Å². The van der Waals surface area contributed by atoms with Gasteiger partial charge in [0, 0.05) is 7.05 Å². The lowest BCUT2D eigenvalue weighted by Gasteiger charge is -1.97. The van der Waals surface area contributed by atoms with Crippen molar-refractivity contribution in [3.63, 3.8) is 0 Å². The number of hydrogen-bond acceptors (Lipinski definition) is 2. The molecule has 0 N–H and O–H groups in total. The summed E-state index contributed by atoms with van der Waals surface area (Å²) in [6.07, 6.45) is 1.72. The first-order chi connectivity index (χ1) is 6.18. The fourth-order valence-electron chi connectivity index (χ4n) is 1.07. The number of nitrogens with zero attached hydrogens (tertiary/aromatic N) is 2. The first-order valence-electron chi connectivity index (χ1n) is 3.61. The summed E-state index contributed by atoms with van der Waals surface area (Å²) in [5.41, 5.74) is 0.888. The van der Waals surface area contributed by atoms with Crippen LogP contribution in [0.25, 0.3) is 11.5 Å². The normalized spacial score (nSPS) is 10.7. The minimum absolute atomic E-state index is 0.382. The van der Waals surface area contributed by atoms with Gasteiger partial charge in [-0.2, -0.15) is 0 Å². The van der Waals surface area contributed by atoms with E-state index in [2.05, 4.69) is 20.9 Å².